The number of ketones is 2. The molecule has 0 saturated heterocycles. The molecule has 3 nitrogen and oxygen atoms in total. The maximum atomic E-state index is 12.4. The van der Waals surface area contributed by atoms with E-state index in [4.69, 9.17) is 23.2 Å². The standard InChI is InChI=1S/C25H19Cl2NO2/c1-15(29)25-22-8-7-19(13-20(22)14-28-25)18-5-2-16(3-6-18)10-21(30)11-17-4-9-23(26)24(27)12-17/h2-9,12-13H,10-11,14H2,1H3. The summed E-state index contributed by atoms with van der Waals surface area (Å²) in [5, 5.41) is 0.945. The molecule has 0 spiro atoms. The molecule has 0 radical (unpaired) electrons. The summed E-state index contributed by atoms with van der Waals surface area (Å²) in [6.07, 6.45) is 0.683. The van der Waals surface area contributed by atoms with Gasteiger partial charge in [0.15, 0.2) is 5.78 Å². The number of nitrogens with zero attached hydrogens (tertiary/aromatic N) is 1. The van der Waals surface area contributed by atoms with E-state index in [-0.39, 0.29) is 11.6 Å². The number of hydrogen-bond donors (Lipinski definition) is 0. The Morgan fingerprint density at radius 3 is 2.20 bits per heavy atom. The van der Waals surface area contributed by atoms with Gasteiger partial charge in [0.05, 0.1) is 16.6 Å². The van der Waals surface area contributed by atoms with Gasteiger partial charge in [-0.2, -0.15) is 0 Å². The average Bonchev–Trinajstić information content (AvgIpc) is 3.15. The number of rotatable bonds is 6. The monoisotopic (exact) mass is 435 g/mol. The van der Waals surface area contributed by atoms with Gasteiger partial charge < -0.3 is 0 Å². The molecule has 0 bridgehead atoms. The van der Waals surface area contributed by atoms with Gasteiger partial charge >= 0.3 is 0 Å². The number of aliphatic imine (C=N–C) groups is 1. The van der Waals surface area contributed by atoms with Gasteiger partial charge in [-0.15, -0.1) is 0 Å². The third-order valence-electron chi connectivity index (χ3n) is 5.18. The topological polar surface area (TPSA) is 46.5 Å². The lowest BCUT2D eigenvalue weighted by Crippen LogP contribution is -2.09. The van der Waals surface area contributed by atoms with E-state index in [0.29, 0.717) is 35.1 Å². The molecule has 5 heteroatoms. The highest BCUT2D eigenvalue weighted by Crippen LogP contribution is 2.27. The first kappa shape index (κ1) is 20.5. The van der Waals surface area contributed by atoms with Gasteiger partial charge in [-0.3, -0.25) is 14.6 Å². The Morgan fingerprint density at radius 1 is 0.833 bits per heavy atom. The summed E-state index contributed by atoms with van der Waals surface area (Å²) in [5.74, 6) is 0.115. The minimum absolute atomic E-state index is 0.00334. The summed E-state index contributed by atoms with van der Waals surface area (Å²) < 4.78 is 0. The van der Waals surface area contributed by atoms with Crippen LogP contribution in [-0.2, 0) is 29.0 Å². The normalized spacial score (nSPS) is 12.4. The molecule has 0 aromatic heterocycles. The molecule has 1 heterocycles. The van der Waals surface area contributed by atoms with Crippen LogP contribution in [0.15, 0.2) is 65.7 Å². The van der Waals surface area contributed by atoms with Gasteiger partial charge in [-0.1, -0.05) is 65.7 Å². The van der Waals surface area contributed by atoms with E-state index < -0.39 is 0 Å². The first-order valence-electron chi connectivity index (χ1n) is 9.64. The molecule has 1 aliphatic rings. The second-order valence-electron chi connectivity index (χ2n) is 7.43. The molecular weight excluding hydrogens is 417 g/mol. The molecule has 0 saturated carbocycles. The lowest BCUT2D eigenvalue weighted by Gasteiger charge is -2.08. The van der Waals surface area contributed by atoms with Crippen molar-refractivity contribution in [1.82, 2.24) is 0 Å². The molecule has 0 amide bonds. The Kier molecular flexibility index (Phi) is 5.85. The van der Waals surface area contributed by atoms with Crippen molar-refractivity contribution in [3.63, 3.8) is 0 Å². The molecule has 1 aliphatic heterocycles. The van der Waals surface area contributed by atoms with Crippen LogP contribution in [0, 0.1) is 0 Å². The van der Waals surface area contributed by atoms with Crippen molar-refractivity contribution >= 4 is 40.5 Å². The maximum Gasteiger partial charge on any atom is 0.178 e. The van der Waals surface area contributed by atoms with Crippen molar-refractivity contribution in [2.45, 2.75) is 26.3 Å². The zero-order chi connectivity index (χ0) is 21.3. The van der Waals surface area contributed by atoms with Crippen molar-refractivity contribution in [1.29, 1.82) is 0 Å². The Morgan fingerprint density at radius 2 is 1.50 bits per heavy atom. The zero-order valence-electron chi connectivity index (χ0n) is 16.4. The van der Waals surface area contributed by atoms with Crippen LogP contribution in [-0.4, -0.2) is 17.3 Å². The van der Waals surface area contributed by atoms with E-state index in [0.717, 1.165) is 33.4 Å². The molecule has 0 atom stereocenters. The van der Waals surface area contributed by atoms with Crippen LogP contribution in [0.3, 0.4) is 0 Å². The average molecular weight is 436 g/mol. The number of hydrogen-bond acceptors (Lipinski definition) is 3. The van der Waals surface area contributed by atoms with E-state index in [2.05, 4.69) is 11.1 Å². The minimum Gasteiger partial charge on any atom is -0.299 e. The van der Waals surface area contributed by atoms with Gasteiger partial charge in [-0.25, -0.2) is 0 Å². The SMILES string of the molecule is CC(=O)C1=NCc2cc(-c3ccc(CC(=O)Cc4ccc(Cl)c(Cl)c4)cc3)ccc21. The molecule has 30 heavy (non-hydrogen) atoms. The summed E-state index contributed by atoms with van der Waals surface area (Å²) in [5.41, 5.74) is 6.52. The van der Waals surface area contributed by atoms with Gasteiger partial charge in [0.1, 0.15) is 11.5 Å². The zero-order valence-corrected chi connectivity index (χ0v) is 17.9. The molecule has 150 valence electrons. The highest BCUT2D eigenvalue weighted by atomic mass is 35.5. The number of Topliss-reactive ketones (excluding diaryl/α,β-unsaturated/α-hetero) is 2. The van der Waals surface area contributed by atoms with Gasteiger partial charge in [-0.05, 0) is 46.0 Å². The number of fused-ring (bicyclic) bond motifs is 1. The molecule has 4 rings (SSSR count). The summed E-state index contributed by atoms with van der Waals surface area (Å²) in [7, 11) is 0. The van der Waals surface area contributed by atoms with Gasteiger partial charge in [0, 0.05) is 25.3 Å². The molecule has 3 aromatic carbocycles. The number of halogens is 2. The first-order valence-corrected chi connectivity index (χ1v) is 10.4. The first-order chi connectivity index (χ1) is 14.4. The van der Waals surface area contributed by atoms with Gasteiger partial charge in [0.25, 0.3) is 0 Å². The van der Waals surface area contributed by atoms with Crippen molar-refractivity contribution < 1.29 is 9.59 Å². The molecule has 0 unspecified atom stereocenters. The van der Waals surface area contributed by atoms with Crippen LogP contribution in [0.25, 0.3) is 11.1 Å². The van der Waals surface area contributed by atoms with E-state index in [9.17, 15) is 9.59 Å². The molecule has 0 N–H and O–H groups in total. The lowest BCUT2D eigenvalue weighted by molar-refractivity contribution is -0.117. The summed E-state index contributed by atoms with van der Waals surface area (Å²) in [4.78, 5) is 28.4. The molecule has 3 aromatic rings. The highest BCUT2D eigenvalue weighted by Gasteiger charge is 2.19. The quantitative estimate of drug-likeness (QED) is 0.483. The van der Waals surface area contributed by atoms with Crippen molar-refractivity contribution in [2.75, 3.05) is 0 Å². The van der Waals surface area contributed by atoms with E-state index in [1.165, 1.54) is 0 Å². The number of carbonyl (C=O) groups is 2. The van der Waals surface area contributed by atoms with Crippen LogP contribution in [0.4, 0.5) is 0 Å². The summed E-state index contributed by atoms with van der Waals surface area (Å²) in [6.45, 7) is 2.09. The molecular formula is C25H19Cl2NO2. The Hall–Kier alpha value is -2.75. The predicted molar refractivity (Wildman–Crippen MR) is 122 cm³/mol. The van der Waals surface area contributed by atoms with Crippen LogP contribution in [0.5, 0.6) is 0 Å². The van der Waals surface area contributed by atoms with E-state index >= 15 is 0 Å². The number of benzene rings is 3. The molecule has 0 aliphatic carbocycles. The molecule has 0 fully saturated rings. The van der Waals surface area contributed by atoms with Crippen LogP contribution in [0.2, 0.25) is 10.0 Å². The second-order valence-corrected chi connectivity index (χ2v) is 8.24. The largest absolute Gasteiger partial charge is 0.299 e. The fourth-order valence-electron chi connectivity index (χ4n) is 3.67. The Labute approximate surface area is 185 Å². The van der Waals surface area contributed by atoms with Crippen LogP contribution < -0.4 is 0 Å². The van der Waals surface area contributed by atoms with Crippen LogP contribution >= 0.6 is 23.2 Å². The van der Waals surface area contributed by atoms with E-state index in [1.54, 1.807) is 19.1 Å². The highest BCUT2D eigenvalue weighted by molar-refractivity contribution is 6.46. The Balaban J connectivity index is 1.44. The van der Waals surface area contributed by atoms with Crippen molar-refractivity contribution in [2.24, 2.45) is 4.99 Å². The van der Waals surface area contributed by atoms with Crippen molar-refractivity contribution in [3.8, 4) is 11.1 Å². The third kappa shape index (κ3) is 4.38. The van der Waals surface area contributed by atoms with Crippen molar-refractivity contribution in [3.05, 3.63) is 93.0 Å². The maximum absolute atomic E-state index is 12.4. The Bertz CT molecular complexity index is 1180. The van der Waals surface area contributed by atoms with Crippen LogP contribution in [0.1, 0.15) is 29.2 Å². The summed E-state index contributed by atoms with van der Waals surface area (Å²) in [6, 6.07) is 19.3. The fraction of sp³-hybridized carbons (Fsp3) is 0.160. The fourth-order valence-corrected chi connectivity index (χ4v) is 3.99. The lowest BCUT2D eigenvalue weighted by atomic mass is 9.96. The predicted octanol–water partition coefficient (Wildman–Crippen LogP) is 5.91. The summed E-state index contributed by atoms with van der Waals surface area (Å²) >= 11 is 12.0. The minimum atomic E-state index is -0.00334. The van der Waals surface area contributed by atoms with E-state index in [1.807, 2.05) is 42.5 Å². The second kappa shape index (κ2) is 8.55. The number of carbonyl (C=O) groups excluding carboxylic acids is 2. The smallest absolute Gasteiger partial charge is 0.178 e. The van der Waals surface area contributed by atoms with Gasteiger partial charge in [0.2, 0.25) is 0 Å². The third-order valence-corrected chi connectivity index (χ3v) is 5.91.